The van der Waals surface area contributed by atoms with Gasteiger partial charge in [0, 0.05) is 26.2 Å². The summed E-state index contributed by atoms with van der Waals surface area (Å²) in [6.45, 7) is 4.44. The number of halogens is 2. The second-order valence-electron chi connectivity index (χ2n) is 7.74. The van der Waals surface area contributed by atoms with Crippen LogP contribution in [0.5, 0.6) is 0 Å². The number of piperidine rings is 1. The summed E-state index contributed by atoms with van der Waals surface area (Å²) in [6.07, 6.45) is 1.77. The van der Waals surface area contributed by atoms with Gasteiger partial charge in [0.05, 0.1) is 17.7 Å². The molecule has 0 saturated carbocycles. The number of carbonyl (C=O) groups excluding carboxylic acids is 2. The molecule has 1 amide bonds. The molecule has 2 heterocycles. The first-order valence-corrected chi connectivity index (χ1v) is 10.2. The molecule has 0 radical (unpaired) electrons. The van der Waals surface area contributed by atoms with Gasteiger partial charge in [-0.1, -0.05) is 13.0 Å². The van der Waals surface area contributed by atoms with Crippen molar-refractivity contribution in [3.8, 4) is 0 Å². The topological polar surface area (TPSA) is 64.4 Å². The van der Waals surface area contributed by atoms with Gasteiger partial charge in [-0.2, -0.15) is 5.10 Å². The van der Waals surface area contributed by atoms with Crippen molar-refractivity contribution in [2.75, 3.05) is 19.7 Å². The first-order chi connectivity index (χ1) is 14.3. The Labute approximate surface area is 174 Å². The van der Waals surface area contributed by atoms with Crippen LogP contribution in [0.3, 0.4) is 0 Å². The highest BCUT2D eigenvalue weighted by Gasteiger charge is 2.45. The Morgan fingerprint density at radius 2 is 2.00 bits per heavy atom. The van der Waals surface area contributed by atoms with E-state index in [-0.39, 0.29) is 31.0 Å². The number of likely N-dealkylation sites (tertiary alicyclic amines) is 1. The number of hydrogen-bond acceptors (Lipinski definition) is 4. The molecule has 30 heavy (non-hydrogen) atoms. The van der Waals surface area contributed by atoms with E-state index in [2.05, 4.69) is 5.10 Å². The Morgan fingerprint density at radius 1 is 1.23 bits per heavy atom. The second kappa shape index (κ2) is 8.93. The maximum atomic E-state index is 14.4. The van der Waals surface area contributed by atoms with Crippen molar-refractivity contribution < 1.29 is 23.1 Å². The van der Waals surface area contributed by atoms with E-state index in [4.69, 9.17) is 4.74 Å². The number of benzene rings is 1. The fourth-order valence-corrected chi connectivity index (χ4v) is 4.06. The van der Waals surface area contributed by atoms with E-state index in [1.54, 1.807) is 29.6 Å². The first-order valence-electron chi connectivity index (χ1n) is 10.2. The van der Waals surface area contributed by atoms with Crippen molar-refractivity contribution in [3.63, 3.8) is 0 Å². The average molecular weight is 419 g/mol. The smallest absolute Gasteiger partial charge is 0.314 e. The summed E-state index contributed by atoms with van der Waals surface area (Å²) in [4.78, 5) is 27.7. The van der Waals surface area contributed by atoms with Gasteiger partial charge in [-0.15, -0.1) is 0 Å². The van der Waals surface area contributed by atoms with Gasteiger partial charge >= 0.3 is 5.97 Å². The molecule has 1 aromatic carbocycles. The molecule has 0 aliphatic carbocycles. The van der Waals surface area contributed by atoms with E-state index in [1.165, 1.54) is 12.1 Å². The van der Waals surface area contributed by atoms with E-state index < -0.39 is 23.0 Å². The molecule has 1 aliphatic heterocycles. The predicted molar refractivity (Wildman–Crippen MR) is 107 cm³/mol. The Balaban J connectivity index is 1.91. The number of amides is 1. The Kier molecular flexibility index (Phi) is 6.53. The number of aryl methyl sites for hydroxylation is 2. The van der Waals surface area contributed by atoms with Gasteiger partial charge in [-0.25, -0.2) is 8.78 Å². The molecule has 8 heteroatoms. The summed E-state index contributed by atoms with van der Waals surface area (Å²) in [5.41, 5.74) is 0.393. The Hall–Kier alpha value is -2.77. The van der Waals surface area contributed by atoms with Crippen molar-refractivity contribution in [1.82, 2.24) is 14.7 Å². The summed E-state index contributed by atoms with van der Waals surface area (Å²) < 4.78 is 34.5. The summed E-state index contributed by atoms with van der Waals surface area (Å²) in [5.74, 6) is -2.07. The van der Waals surface area contributed by atoms with Crippen LogP contribution in [-0.2, 0) is 29.4 Å². The largest absolute Gasteiger partial charge is 0.466 e. The lowest BCUT2D eigenvalue weighted by atomic mass is 9.74. The molecule has 0 unspecified atom stereocenters. The molecule has 3 rings (SSSR count). The van der Waals surface area contributed by atoms with Gasteiger partial charge in [-0.05, 0) is 50.3 Å². The molecule has 1 atom stereocenters. The summed E-state index contributed by atoms with van der Waals surface area (Å²) in [7, 11) is 1.71. The molecule has 1 fully saturated rings. The summed E-state index contributed by atoms with van der Waals surface area (Å²) >= 11 is 0. The molecular weight excluding hydrogens is 392 g/mol. The number of rotatable bonds is 6. The third kappa shape index (κ3) is 4.37. The lowest BCUT2D eigenvalue weighted by molar-refractivity contribution is -0.158. The standard InChI is InChI=1S/C22H27F2N3O3/c1-4-17-12-19(26(3)25-17)20(28)27-10-6-9-22(14-27,21(29)30-5-2)13-15-7-8-16(23)11-18(15)24/h7-8,11-12H,4-6,9-10,13-14H2,1-3H3/t22-/m0/s1. The van der Waals surface area contributed by atoms with Crippen LogP contribution < -0.4 is 0 Å². The SMILES string of the molecule is CCOC(=O)[C@]1(Cc2ccc(F)cc2F)CCCN(C(=O)c2cc(CC)nn2C)C1. The van der Waals surface area contributed by atoms with Gasteiger partial charge in [0.1, 0.15) is 17.3 Å². The average Bonchev–Trinajstić information content (AvgIpc) is 3.10. The van der Waals surface area contributed by atoms with Gasteiger partial charge in [0.15, 0.2) is 0 Å². The van der Waals surface area contributed by atoms with Crippen molar-refractivity contribution in [1.29, 1.82) is 0 Å². The van der Waals surface area contributed by atoms with Crippen LogP contribution >= 0.6 is 0 Å². The summed E-state index contributed by atoms with van der Waals surface area (Å²) in [6, 6.07) is 5.08. The minimum atomic E-state index is -1.09. The predicted octanol–water partition coefficient (Wildman–Crippen LogP) is 3.29. The highest BCUT2D eigenvalue weighted by atomic mass is 19.1. The number of hydrogen-bond donors (Lipinski definition) is 0. The maximum absolute atomic E-state index is 14.4. The monoisotopic (exact) mass is 419 g/mol. The molecule has 6 nitrogen and oxygen atoms in total. The quantitative estimate of drug-likeness (QED) is 0.674. The van der Waals surface area contributed by atoms with Crippen LogP contribution in [0.15, 0.2) is 24.3 Å². The fraction of sp³-hybridized carbons (Fsp3) is 0.500. The third-order valence-corrected chi connectivity index (χ3v) is 5.63. The van der Waals surface area contributed by atoms with Crippen molar-refractivity contribution in [2.24, 2.45) is 12.5 Å². The number of carbonyl (C=O) groups is 2. The van der Waals surface area contributed by atoms with Crippen LogP contribution in [0.25, 0.3) is 0 Å². The number of ether oxygens (including phenoxy) is 1. The van der Waals surface area contributed by atoms with Gasteiger partial charge in [0.2, 0.25) is 0 Å². The van der Waals surface area contributed by atoms with E-state index in [9.17, 15) is 18.4 Å². The fourth-order valence-electron chi connectivity index (χ4n) is 4.06. The van der Waals surface area contributed by atoms with Crippen molar-refractivity contribution in [2.45, 2.75) is 39.5 Å². The lowest BCUT2D eigenvalue weighted by Crippen LogP contribution is -2.52. The number of aromatic nitrogens is 2. The molecule has 1 aliphatic rings. The highest BCUT2D eigenvalue weighted by molar-refractivity contribution is 5.93. The van der Waals surface area contributed by atoms with E-state index in [0.29, 0.717) is 31.5 Å². The molecular formula is C22H27F2N3O3. The summed E-state index contributed by atoms with van der Waals surface area (Å²) in [5, 5.41) is 4.33. The van der Waals surface area contributed by atoms with E-state index in [0.717, 1.165) is 11.8 Å². The minimum Gasteiger partial charge on any atom is -0.466 e. The van der Waals surface area contributed by atoms with Gasteiger partial charge in [0.25, 0.3) is 5.91 Å². The molecule has 0 N–H and O–H groups in total. The zero-order valence-electron chi connectivity index (χ0n) is 17.6. The number of nitrogens with zero attached hydrogens (tertiary/aromatic N) is 3. The molecule has 0 spiro atoms. The molecule has 1 saturated heterocycles. The normalized spacial score (nSPS) is 19.0. The second-order valence-corrected chi connectivity index (χ2v) is 7.74. The van der Waals surface area contributed by atoms with Crippen LogP contribution in [-0.4, -0.2) is 46.3 Å². The van der Waals surface area contributed by atoms with E-state index >= 15 is 0 Å². The van der Waals surface area contributed by atoms with E-state index in [1.807, 2.05) is 6.92 Å². The molecule has 2 aromatic rings. The number of esters is 1. The third-order valence-electron chi connectivity index (χ3n) is 5.63. The minimum absolute atomic E-state index is 0.0350. The maximum Gasteiger partial charge on any atom is 0.314 e. The molecule has 162 valence electrons. The Bertz CT molecular complexity index is 944. The molecule has 0 bridgehead atoms. The zero-order chi connectivity index (χ0) is 21.9. The first kappa shape index (κ1) is 21.9. The van der Waals surface area contributed by atoms with Crippen molar-refractivity contribution in [3.05, 3.63) is 52.9 Å². The molecule has 1 aromatic heterocycles. The van der Waals surface area contributed by atoms with Crippen LogP contribution in [0.1, 0.15) is 48.4 Å². The Morgan fingerprint density at radius 3 is 2.63 bits per heavy atom. The van der Waals surface area contributed by atoms with Crippen LogP contribution in [0.4, 0.5) is 8.78 Å². The van der Waals surface area contributed by atoms with Crippen LogP contribution in [0.2, 0.25) is 0 Å². The zero-order valence-corrected chi connectivity index (χ0v) is 17.6. The van der Waals surface area contributed by atoms with Crippen LogP contribution in [0, 0.1) is 17.0 Å². The van der Waals surface area contributed by atoms with Crippen molar-refractivity contribution >= 4 is 11.9 Å². The lowest BCUT2D eigenvalue weighted by Gasteiger charge is -2.41. The van der Waals surface area contributed by atoms with Gasteiger partial charge in [-0.3, -0.25) is 14.3 Å². The highest BCUT2D eigenvalue weighted by Crippen LogP contribution is 2.36. The van der Waals surface area contributed by atoms with Gasteiger partial charge < -0.3 is 9.64 Å².